The minimum atomic E-state index is -0.226. The van der Waals surface area contributed by atoms with Gasteiger partial charge in [-0.3, -0.25) is 4.79 Å². The first kappa shape index (κ1) is 18.3. The van der Waals surface area contributed by atoms with Crippen LogP contribution in [0.25, 0.3) is 11.0 Å². The molecular formula is C20H23N3O2S. The number of hydrogen-bond acceptors (Lipinski definition) is 4. The Labute approximate surface area is 157 Å². The molecule has 0 aliphatic rings. The Bertz CT molecular complexity index is 879. The fourth-order valence-corrected chi connectivity index (χ4v) is 3.68. The monoisotopic (exact) mass is 369 g/mol. The predicted molar refractivity (Wildman–Crippen MR) is 105 cm³/mol. The Balaban J connectivity index is 1.65. The smallest absolute Gasteiger partial charge is 0.235 e. The Kier molecular flexibility index (Phi) is 5.83. The summed E-state index contributed by atoms with van der Waals surface area (Å²) in [5.74, 6) is 0.890. The minimum Gasteiger partial charge on any atom is -0.494 e. The average molecular weight is 369 g/mol. The molecule has 0 aliphatic heterocycles. The lowest BCUT2D eigenvalue weighted by Gasteiger charge is -2.20. The second-order valence-corrected chi connectivity index (χ2v) is 7.42. The molecule has 1 atom stereocenters. The second kappa shape index (κ2) is 8.27. The molecule has 6 heteroatoms. The summed E-state index contributed by atoms with van der Waals surface area (Å²) >= 11 is 1.44. The molecular weight excluding hydrogens is 346 g/mol. The van der Waals surface area contributed by atoms with E-state index in [0.29, 0.717) is 13.2 Å². The van der Waals surface area contributed by atoms with Gasteiger partial charge in [-0.2, -0.15) is 0 Å². The number of carbonyl (C=O) groups excluding carboxylic acids is 1. The van der Waals surface area contributed by atoms with E-state index in [1.54, 1.807) is 4.90 Å². The molecule has 0 bridgehead atoms. The number of amides is 1. The number of imidazole rings is 1. The van der Waals surface area contributed by atoms with E-state index in [9.17, 15) is 4.79 Å². The summed E-state index contributed by atoms with van der Waals surface area (Å²) in [5.41, 5.74) is 2.90. The van der Waals surface area contributed by atoms with Gasteiger partial charge in [0.25, 0.3) is 0 Å². The van der Waals surface area contributed by atoms with E-state index in [1.807, 2.05) is 69.4 Å². The maximum absolute atomic E-state index is 12.6. The van der Waals surface area contributed by atoms with E-state index in [-0.39, 0.29) is 11.2 Å². The van der Waals surface area contributed by atoms with Crippen molar-refractivity contribution in [2.24, 2.45) is 0 Å². The predicted octanol–water partition coefficient (Wildman–Crippen LogP) is 4.10. The van der Waals surface area contributed by atoms with Crippen LogP contribution < -0.4 is 4.74 Å². The van der Waals surface area contributed by atoms with Crippen molar-refractivity contribution in [2.45, 2.75) is 30.8 Å². The van der Waals surface area contributed by atoms with Gasteiger partial charge in [0.1, 0.15) is 5.75 Å². The van der Waals surface area contributed by atoms with E-state index in [4.69, 9.17) is 4.74 Å². The number of aromatic amines is 1. The summed E-state index contributed by atoms with van der Waals surface area (Å²) in [4.78, 5) is 22.2. The summed E-state index contributed by atoms with van der Waals surface area (Å²) < 4.78 is 5.52. The van der Waals surface area contributed by atoms with Gasteiger partial charge in [0.2, 0.25) is 5.91 Å². The van der Waals surface area contributed by atoms with Crippen molar-refractivity contribution in [3.63, 3.8) is 0 Å². The number of aromatic nitrogens is 2. The van der Waals surface area contributed by atoms with E-state index in [0.717, 1.165) is 27.5 Å². The maximum atomic E-state index is 12.6. The van der Waals surface area contributed by atoms with Crippen molar-refractivity contribution in [1.29, 1.82) is 0 Å². The molecule has 0 saturated carbocycles. The number of thioether (sulfide) groups is 1. The third kappa shape index (κ3) is 4.38. The summed E-state index contributed by atoms with van der Waals surface area (Å²) in [6.07, 6.45) is 0. The zero-order valence-electron chi connectivity index (χ0n) is 15.2. The molecule has 26 heavy (non-hydrogen) atoms. The summed E-state index contributed by atoms with van der Waals surface area (Å²) in [5, 5.41) is 0.512. The maximum Gasteiger partial charge on any atom is 0.235 e. The lowest BCUT2D eigenvalue weighted by atomic mass is 10.2. The van der Waals surface area contributed by atoms with Gasteiger partial charge < -0.3 is 14.6 Å². The molecule has 1 aromatic heterocycles. The number of rotatable bonds is 7. The van der Waals surface area contributed by atoms with Crippen molar-refractivity contribution in [3.05, 3.63) is 54.1 Å². The van der Waals surface area contributed by atoms with Crippen LogP contribution in [0, 0.1) is 0 Å². The van der Waals surface area contributed by atoms with E-state index in [2.05, 4.69) is 9.97 Å². The van der Waals surface area contributed by atoms with Gasteiger partial charge in [0.15, 0.2) is 5.16 Å². The van der Waals surface area contributed by atoms with Crippen LogP contribution in [0.1, 0.15) is 19.4 Å². The fraction of sp³-hybridized carbons (Fsp3) is 0.300. The Hall–Kier alpha value is -2.47. The van der Waals surface area contributed by atoms with Crippen LogP contribution >= 0.6 is 11.8 Å². The Morgan fingerprint density at radius 1 is 1.27 bits per heavy atom. The van der Waals surface area contributed by atoms with Gasteiger partial charge in [-0.15, -0.1) is 0 Å². The quantitative estimate of drug-likeness (QED) is 0.637. The van der Waals surface area contributed by atoms with Crippen molar-refractivity contribution in [1.82, 2.24) is 14.9 Å². The number of ether oxygens (including phenoxy) is 1. The number of hydrogen-bond donors (Lipinski definition) is 1. The zero-order valence-corrected chi connectivity index (χ0v) is 16.0. The molecule has 1 N–H and O–H groups in total. The molecule has 5 nitrogen and oxygen atoms in total. The second-order valence-electron chi connectivity index (χ2n) is 6.09. The number of nitrogens with zero attached hydrogens (tertiary/aromatic N) is 2. The highest BCUT2D eigenvalue weighted by atomic mass is 32.2. The summed E-state index contributed by atoms with van der Waals surface area (Å²) in [7, 11) is 1.83. The molecule has 136 valence electrons. The highest BCUT2D eigenvalue weighted by Crippen LogP contribution is 2.26. The van der Waals surface area contributed by atoms with Crippen molar-refractivity contribution < 1.29 is 9.53 Å². The number of carbonyl (C=O) groups is 1. The standard InChI is InChI=1S/C20H23N3O2S/c1-4-25-16-10-11-17-18(12-16)22-20(21-17)26-14(2)19(24)23(3)13-15-8-6-5-7-9-15/h5-12,14H,4,13H2,1-3H3,(H,21,22). The largest absolute Gasteiger partial charge is 0.494 e. The molecule has 0 fully saturated rings. The topological polar surface area (TPSA) is 58.2 Å². The van der Waals surface area contributed by atoms with Crippen molar-refractivity contribution >= 4 is 28.7 Å². The summed E-state index contributed by atoms with van der Waals surface area (Å²) in [6, 6.07) is 15.8. The van der Waals surface area contributed by atoms with Gasteiger partial charge in [-0.1, -0.05) is 42.1 Å². The molecule has 1 amide bonds. The highest BCUT2D eigenvalue weighted by Gasteiger charge is 2.20. The molecule has 1 unspecified atom stereocenters. The number of nitrogens with one attached hydrogen (secondary N) is 1. The molecule has 2 aromatic carbocycles. The van der Waals surface area contributed by atoms with E-state index in [1.165, 1.54) is 11.8 Å². The first-order chi connectivity index (χ1) is 12.6. The SMILES string of the molecule is CCOc1ccc2nc(SC(C)C(=O)N(C)Cc3ccccc3)[nH]c2c1. The van der Waals surface area contributed by atoms with Crippen molar-refractivity contribution in [3.8, 4) is 5.75 Å². The van der Waals surface area contributed by atoms with Crippen LogP contribution in [0.4, 0.5) is 0 Å². The van der Waals surface area contributed by atoms with E-state index >= 15 is 0 Å². The van der Waals surface area contributed by atoms with Gasteiger partial charge in [-0.25, -0.2) is 4.98 Å². The minimum absolute atomic E-state index is 0.0781. The van der Waals surface area contributed by atoms with E-state index < -0.39 is 0 Å². The van der Waals surface area contributed by atoms with Crippen LogP contribution in [0.2, 0.25) is 0 Å². The van der Waals surface area contributed by atoms with Gasteiger partial charge in [0.05, 0.1) is 22.9 Å². The molecule has 3 aromatic rings. The first-order valence-electron chi connectivity index (χ1n) is 8.65. The number of H-pyrrole nitrogens is 1. The van der Waals surface area contributed by atoms with Gasteiger partial charge in [0, 0.05) is 19.7 Å². The zero-order chi connectivity index (χ0) is 18.5. The first-order valence-corrected chi connectivity index (χ1v) is 9.53. The van der Waals surface area contributed by atoms with Gasteiger partial charge >= 0.3 is 0 Å². The third-order valence-corrected chi connectivity index (χ3v) is 4.99. The number of fused-ring (bicyclic) bond motifs is 1. The van der Waals surface area contributed by atoms with Crippen LogP contribution in [-0.4, -0.2) is 39.7 Å². The Morgan fingerprint density at radius 2 is 2.04 bits per heavy atom. The molecule has 0 aliphatic carbocycles. The average Bonchev–Trinajstić information content (AvgIpc) is 3.03. The van der Waals surface area contributed by atoms with Crippen molar-refractivity contribution in [2.75, 3.05) is 13.7 Å². The van der Waals surface area contributed by atoms with Gasteiger partial charge in [-0.05, 0) is 31.5 Å². The number of benzene rings is 2. The molecule has 0 spiro atoms. The fourth-order valence-electron chi connectivity index (χ4n) is 2.74. The molecule has 0 saturated heterocycles. The third-order valence-electron chi connectivity index (χ3n) is 4.02. The molecule has 3 rings (SSSR count). The van der Waals surface area contributed by atoms with Crippen LogP contribution in [0.5, 0.6) is 5.75 Å². The molecule has 0 radical (unpaired) electrons. The van der Waals surface area contributed by atoms with Crippen LogP contribution in [0.3, 0.4) is 0 Å². The summed E-state index contributed by atoms with van der Waals surface area (Å²) in [6.45, 7) is 5.09. The lowest BCUT2D eigenvalue weighted by molar-refractivity contribution is -0.129. The van der Waals surface area contributed by atoms with Crippen LogP contribution in [0.15, 0.2) is 53.7 Å². The highest BCUT2D eigenvalue weighted by molar-refractivity contribution is 8.00. The van der Waals surface area contributed by atoms with Crippen LogP contribution in [-0.2, 0) is 11.3 Å². The Morgan fingerprint density at radius 3 is 2.77 bits per heavy atom. The molecule has 1 heterocycles. The lowest BCUT2D eigenvalue weighted by Crippen LogP contribution is -2.32. The normalized spacial score (nSPS) is 12.1.